The first-order valence-electron chi connectivity index (χ1n) is 9.66. The molecule has 7 heteroatoms. The molecule has 2 aliphatic rings. The summed E-state index contributed by atoms with van der Waals surface area (Å²) in [6, 6.07) is 13.8. The molecule has 4 rings (SSSR count). The van der Waals surface area contributed by atoms with E-state index in [1.165, 1.54) is 10.6 Å². The zero-order valence-electron chi connectivity index (χ0n) is 15.8. The molecule has 2 aliphatic heterocycles. The lowest BCUT2D eigenvalue weighted by Gasteiger charge is -2.34. The molecular formula is C21H26ClN2O4+. The number of nitrogens with one attached hydrogen (secondary N) is 1. The first-order chi connectivity index (χ1) is 13.7. The minimum absolute atomic E-state index is 0.270. The highest BCUT2D eigenvalue weighted by Crippen LogP contribution is 2.32. The molecule has 6 nitrogen and oxygen atoms in total. The van der Waals surface area contributed by atoms with Gasteiger partial charge in [0, 0.05) is 10.7 Å². The zero-order chi connectivity index (χ0) is 19.3. The van der Waals surface area contributed by atoms with Crippen LogP contribution in [0.4, 0.5) is 5.69 Å². The van der Waals surface area contributed by atoms with Crippen LogP contribution >= 0.6 is 11.6 Å². The fourth-order valence-corrected chi connectivity index (χ4v) is 3.88. The molecule has 150 valence electrons. The van der Waals surface area contributed by atoms with Crippen molar-refractivity contribution in [3.05, 3.63) is 53.1 Å². The van der Waals surface area contributed by atoms with Crippen LogP contribution in [0.5, 0.6) is 11.5 Å². The van der Waals surface area contributed by atoms with Gasteiger partial charge in [-0.15, -0.1) is 0 Å². The van der Waals surface area contributed by atoms with Gasteiger partial charge in [-0.05, 0) is 35.9 Å². The molecular weight excluding hydrogens is 380 g/mol. The van der Waals surface area contributed by atoms with E-state index in [0.29, 0.717) is 19.8 Å². The quantitative estimate of drug-likeness (QED) is 0.728. The lowest BCUT2D eigenvalue weighted by molar-refractivity contribution is -0.903. The summed E-state index contributed by atoms with van der Waals surface area (Å²) in [6.07, 6.45) is -0.471. The number of ether oxygens (including phenoxy) is 3. The van der Waals surface area contributed by atoms with Crippen molar-refractivity contribution in [3.63, 3.8) is 0 Å². The second-order valence-corrected chi connectivity index (χ2v) is 7.71. The van der Waals surface area contributed by atoms with Gasteiger partial charge in [0.15, 0.2) is 11.5 Å². The van der Waals surface area contributed by atoms with E-state index in [9.17, 15) is 5.11 Å². The summed E-state index contributed by atoms with van der Waals surface area (Å²) < 4.78 is 16.4. The summed E-state index contributed by atoms with van der Waals surface area (Å²) in [5.74, 6) is 1.52. The van der Waals surface area contributed by atoms with Gasteiger partial charge in [0.05, 0.1) is 39.4 Å². The predicted octanol–water partition coefficient (Wildman–Crippen LogP) is 1.35. The number of rotatable bonds is 7. The number of hydrogen-bond acceptors (Lipinski definition) is 5. The Hall–Kier alpha value is -1.99. The highest BCUT2D eigenvalue weighted by Gasteiger charge is 2.23. The second kappa shape index (κ2) is 9.01. The van der Waals surface area contributed by atoms with Gasteiger partial charge in [0.25, 0.3) is 0 Å². The van der Waals surface area contributed by atoms with Crippen LogP contribution < -0.4 is 19.3 Å². The second-order valence-electron chi connectivity index (χ2n) is 7.28. The van der Waals surface area contributed by atoms with E-state index in [1.54, 1.807) is 0 Å². The SMILES string of the molecule is O[C@H](COCc1ccc2c(c1)OCO2)C[NH+]1CCN(c2cccc(Cl)c2)CC1. The van der Waals surface area contributed by atoms with Crippen LogP contribution in [0.2, 0.25) is 5.02 Å². The van der Waals surface area contributed by atoms with Gasteiger partial charge in [0.1, 0.15) is 12.6 Å². The Morgan fingerprint density at radius 1 is 1.11 bits per heavy atom. The first kappa shape index (κ1) is 19.3. The number of fused-ring (bicyclic) bond motifs is 1. The largest absolute Gasteiger partial charge is 0.454 e. The number of nitrogens with zero attached hydrogens (tertiary/aromatic N) is 1. The minimum Gasteiger partial charge on any atom is -0.454 e. The van der Waals surface area contributed by atoms with Crippen LogP contribution in [0.25, 0.3) is 0 Å². The Bertz CT molecular complexity index is 796. The average Bonchev–Trinajstić information content (AvgIpc) is 3.16. The van der Waals surface area contributed by atoms with Gasteiger partial charge >= 0.3 is 0 Å². The van der Waals surface area contributed by atoms with E-state index in [2.05, 4.69) is 11.0 Å². The van der Waals surface area contributed by atoms with Crippen LogP contribution in [0.15, 0.2) is 42.5 Å². The normalized spacial score (nSPS) is 17.7. The third kappa shape index (κ3) is 4.89. The third-order valence-corrected chi connectivity index (χ3v) is 5.42. The number of anilines is 1. The number of hydrogen-bond donors (Lipinski definition) is 2. The van der Waals surface area contributed by atoms with Crippen molar-refractivity contribution in [2.24, 2.45) is 0 Å². The number of aliphatic hydroxyl groups is 1. The molecule has 1 saturated heterocycles. The summed E-state index contributed by atoms with van der Waals surface area (Å²) in [5, 5.41) is 11.1. The van der Waals surface area contributed by atoms with Crippen molar-refractivity contribution in [1.82, 2.24) is 0 Å². The van der Waals surface area contributed by atoms with Crippen LogP contribution in [0, 0.1) is 0 Å². The molecule has 28 heavy (non-hydrogen) atoms. The topological polar surface area (TPSA) is 55.6 Å². The maximum atomic E-state index is 10.3. The Morgan fingerprint density at radius 2 is 1.93 bits per heavy atom. The fraction of sp³-hybridized carbons (Fsp3) is 0.429. The molecule has 0 saturated carbocycles. The Balaban J connectivity index is 1.17. The number of piperazine rings is 1. The van der Waals surface area contributed by atoms with Gasteiger partial charge in [-0.25, -0.2) is 0 Å². The predicted molar refractivity (Wildman–Crippen MR) is 107 cm³/mol. The van der Waals surface area contributed by atoms with E-state index in [1.807, 2.05) is 36.4 Å². The summed E-state index contributed by atoms with van der Waals surface area (Å²) in [7, 11) is 0. The van der Waals surface area contributed by atoms with Crippen LogP contribution in [0.3, 0.4) is 0 Å². The van der Waals surface area contributed by atoms with Gasteiger partial charge in [-0.2, -0.15) is 0 Å². The van der Waals surface area contributed by atoms with Crippen molar-refractivity contribution in [3.8, 4) is 11.5 Å². The minimum atomic E-state index is -0.471. The maximum Gasteiger partial charge on any atom is 0.231 e. The molecule has 1 atom stereocenters. The summed E-state index contributed by atoms with van der Waals surface area (Å²) >= 11 is 6.09. The number of quaternary nitrogens is 1. The molecule has 0 amide bonds. The van der Waals surface area contributed by atoms with E-state index in [4.69, 9.17) is 25.8 Å². The molecule has 2 N–H and O–H groups in total. The van der Waals surface area contributed by atoms with Crippen molar-refractivity contribution in [1.29, 1.82) is 0 Å². The van der Waals surface area contributed by atoms with Gasteiger partial charge < -0.3 is 29.1 Å². The number of benzene rings is 2. The van der Waals surface area contributed by atoms with Gasteiger partial charge in [-0.1, -0.05) is 23.7 Å². The molecule has 0 spiro atoms. The number of aliphatic hydroxyl groups excluding tert-OH is 1. The summed E-state index contributed by atoms with van der Waals surface area (Å²) in [4.78, 5) is 3.75. The zero-order valence-corrected chi connectivity index (χ0v) is 16.5. The average molecular weight is 406 g/mol. The van der Waals surface area contributed by atoms with Crippen molar-refractivity contribution in [2.75, 3.05) is 51.0 Å². The summed E-state index contributed by atoms with van der Waals surface area (Å²) in [6.45, 7) is 5.65. The first-order valence-corrected chi connectivity index (χ1v) is 10.0. The molecule has 2 aromatic rings. The lowest BCUT2D eigenvalue weighted by Crippen LogP contribution is -3.16. The van der Waals surface area contributed by atoms with E-state index >= 15 is 0 Å². The molecule has 0 unspecified atom stereocenters. The maximum absolute atomic E-state index is 10.3. The van der Waals surface area contributed by atoms with Crippen LogP contribution in [-0.2, 0) is 11.3 Å². The van der Waals surface area contributed by atoms with Crippen LogP contribution in [-0.4, -0.2) is 57.3 Å². The molecule has 0 radical (unpaired) electrons. The Kier molecular flexibility index (Phi) is 6.22. The van der Waals surface area contributed by atoms with Crippen molar-refractivity contribution < 1.29 is 24.2 Å². The van der Waals surface area contributed by atoms with Crippen LogP contribution in [0.1, 0.15) is 5.56 Å². The van der Waals surface area contributed by atoms with Gasteiger partial charge in [-0.3, -0.25) is 0 Å². The van der Waals surface area contributed by atoms with E-state index in [0.717, 1.165) is 48.3 Å². The highest BCUT2D eigenvalue weighted by molar-refractivity contribution is 6.30. The van der Waals surface area contributed by atoms with E-state index < -0.39 is 6.10 Å². The Labute approximate surface area is 170 Å². The fourth-order valence-electron chi connectivity index (χ4n) is 3.69. The van der Waals surface area contributed by atoms with E-state index in [-0.39, 0.29) is 6.79 Å². The monoisotopic (exact) mass is 405 g/mol. The smallest absolute Gasteiger partial charge is 0.231 e. The molecule has 0 aliphatic carbocycles. The lowest BCUT2D eigenvalue weighted by atomic mass is 10.2. The number of halogens is 1. The molecule has 0 aromatic heterocycles. The Morgan fingerprint density at radius 3 is 2.75 bits per heavy atom. The standard InChI is InChI=1S/C21H25ClN2O4/c22-17-2-1-3-18(11-17)24-8-6-23(7-9-24)12-19(25)14-26-13-16-4-5-20-21(10-16)28-15-27-20/h1-5,10-11,19,25H,6-9,12-15H2/p+1/t19-/m0/s1. The van der Waals surface area contributed by atoms with Crippen molar-refractivity contribution >= 4 is 17.3 Å². The van der Waals surface area contributed by atoms with Gasteiger partial charge in [0.2, 0.25) is 6.79 Å². The third-order valence-electron chi connectivity index (χ3n) is 5.18. The molecule has 2 heterocycles. The molecule has 2 aromatic carbocycles. The summed E-state index contributed by atoms with van der Waals surface area (Å²) in [5.41, 5.74) is 2.18. The molecule has 0 bridgehead atoms. The highest BCUT2D eigenvalue weighted by atomic mass is 35.5. The van der Waals surface area contributed by atoms with Crippen molar-refractivity contribution in [2.45, 2.75) is 12.7 Å². The molecule has 1 fully saturated rings.